The fourth-order valence-electron chi connectivity index (χ4n) is 2.25. The monoisotopic (exact) mass is 257 g/mol. The Morgan fingerprint density at radius 1 is 1.71 bits per heavy atom. The van der Waals surface area contributed by atoms with E-state index in [4.69, 9.17) is 0 Å². The van der Waals surface area contributed by atoms with E-state index in [-0.39, 0.29) is 0 Å². The van der Waals surface area contributed by atoms with E-state index in [0.29, 0.717) is 0 Å². The molecule has 1 nitrogen and oxygen atoms in total. The highest BCUT2D eigenvalue weighted by Gasteiger charge is 2.17. The Labute approximate surface area is 95.8 Å². The number of nitrogens with one attached hydrogen (secondary N) is 1. The second kappa shape index (κ2) is 5.72. The van der Waals surface area contributed by atoms with Crippen LogP contribution in [0, 0.1) is 11.8 Å². The summed E-state index contributed by atoms with van der Waals surface area (Å²) in [5, 5.41) is 3.42. The Morgan fingerprint density at radius 2 is 2.43 bits per heavy atom. The van der Waals surface area contributed by atoms with Crippen molar-refractivity contribution in [2.24, 2.45) is 11.8 Å². The van der Waals surface area contributed by atoms with Gasteiger partial charge in [0.2, 0.25) is 0 Å². The van der Waals surface area contributed by atoms with E-state index in [2.05, 4.69) is 47.7 Å². The lowest BCUT2D eigenvalue weighted by Crippen LogP contribution is -2.26. The van der Waals surface area contributed by atoms with Gasteiger partial charge in [0, 0.05) is 11.0 Å². The normalized spacial score (nSPS) is 27.2. The number of halogens is 1. The van der Waals surface area contributed by atoms with Crippen LogP contribution in [0.3, 0.4) is 0 Å². The van der Waals surface area contributed by atoms with E-state index >= 15 is 0 Å². The number of rotatable bonds is 4. The van der Waals surface area contributed by atoms with Gasteiger partial charge in [-0.2, -0.15) is 0 Å². The summed E-state index contributed by atoms with van der Waals surface area (Å²) in [6.45, 7) is 10.4. The standard InChI is InChI=1S/C12H20BrN/c1-9-4-10(2)6-12(5-9)8-14-7-11(3)13/h4,9,12,14H,3,5-8H2,1-2H3. The van der Waals surface area contributed by atoms with Gasteiger partial charge in [-0.3, -0.25) is 0 Å². The Balaban J connectivity index is 2.26. The van der Waals surface area contributed by atoms with Crippen LogP contribution in [0.25, 0.3) is 0 Å². The van der Waals surface area contributed by atoms with Gasteiger partial charge in [0.05, 0.1) is 0 Å². The molecule has 0 heterocycles. The molecule has 0 saturated heterocycles. The van der Waals surface area contributed by atoms with Gasteiger partial charge in [-0.25, -0.2) is 0 Å². The molecular formula is C12H20BrN. The maximum atomic E-state index is 3.81. The lowest BCUT2D eigenvalue weighted by atomic mass is 9.84. The van der Waals surface area contributed by atoms with Crippen molar-refractivity contribution in [2.75, 3.05) is 13.1 Å². The summed E-state index contributed by atoms with van der Waals surface area (Å²) in [6.07, 6.45) is 4.98. The first-order chi connectivity index (χ1) is 6.58. The second-order valence-electron chi connectivity index (χ2n) is 4.44. The number of hydrogen-bond acceptors (Lipinski definition) is 1. The molecule has 14 heavy (non-hydrogen) atoms. The molecule has 1 N–H and O–H groups in total. The lowest BCUT2D eigenvalue weighted by Gasteiger charge is -2.25. The van der Waals surface area contributed by atoms with Crippen LogP contribution in [0.4, 0.5) is 0 Å². The van der Waals surface area contributed by atoms with E-state index in [9.17, 15) is 0 Å². The van der Waals surface area contributed by atoms with Crippen molar-refractivity contribution in [3.63, 3.8) is 0 Å². The lowest BCUT2D eigenvalue weighted by molar-refractivity contribution is 0.387. The molecule has 1 aliphatic rings. The molecule has 0 radical (unpaired) electrons. The highest BCUT2D eigenvalue weighted by Crippen LogP contribution is 2.27. The van der Waals surface area contributed by atoms with Crippen molar-refractivity contribution in [1.29, 1.82) is 0 Å². The van der Waals surface area contributed by atoms with E-state index in [0.717, 1.165) is 29.4 Å². The average molecular weight is 258 g/mol. The van der Waals surface area contributed by atoms with Crippen molar-refractivity contribution in [2.45, 2.75) is 26.7 Å². The van der Waals surface area contributed by atoms with Gasteiger partial charge < -0.3 is 5.32 Å². The summed E-state index contributed by atoms with van der Waals surface area (Å²) >= 11 is 3.35. The highest BCUT2D eigenvalue weighted by molar-refractivity contribution is 9.11. The van der Waals surface area contributed by atoms with E-state index < -0.39 is 0 Å². The Morgan fingerprint density at radius 3 is 3.00 bits per heavy atom. The van der Waals surface area contributed by atoms with Gasteiger partial charge in [-0.05, 0) is 38.1 Å². The fourth-order valence-corrected chi connectivity index (χ4v) is 2.45. The maximum Gasteiger partial charge on any atom is 0.0265 e. The predicted octanol–water partition coefficient (Wildman–Crippen LogP) is 3.48. The van der Waals surface area contributed by atoms with Crippen LogP contribution in [-0.4, -0.2) is 13.1 Å². The molecule has 1 aliphatic carbocycles. The maximum absolute atomic E-state index is 3.81. The highest BCUT2D eigenvalue weighted by atomic mass is 79.9. The molecular weight excluding hydrogens is 238 g/mol. The zero-order chi connectivity index (χ0) is 10.6. The Bertz CT molecular complexity index is 232. The molecule has 80 valence electrons. The topological polar surface area (TPSA) is 12.0 Å². The molecule has 2 unspecified atom stereocenters. The van der Waals surface area contributed by atoms with Crippen molar-refractivity contribution in [1.82, 2.24) is 5.32 Å². The van der Waals surface area contributed by atoms with Crippen molar-refractivity contribution in [3.8, 4) is 0 Å². The molecule has 0 aromatic carbocycles. The number of allylic oxidation sites excluding steroid dienone is 2. The van der Waals surface area contributed by atoms with Gasteiger partial charge in [-0.15, -0.1) is 0 Å². The zero-order valence-corrected chi connectivity index (χ0v) is 10.7. The van der Waals surface area contributed by atoms with Crippen LogP contribution in [0.5, 0.6) is 0 Å². The van der Waals surface area contributed by atoms with Crippen LogP contribution in [-0.2, 0) is 0 Å². The van der Waals surface area contributed by atoms with Gasteiger partial charge in [0.1, 0.15) is 0 Å². The molecule has 0 amide bonds. The van der Waals surface area contributed by atoms with Crippen molar-refractivity contribution >= 4 is 15.9 Å². The quantitative estimate of drug-likeness (QED) is 0.761. The fraction of sp³-hybridized carbons (Fsp3) is 0.667. The first-order valence-corrected chi connectivity index (χ1v) is 6.08. The minimum atomic E-state index is 0.753. The van der Waals surface area contributed by atoms with E-state index in [1.165, 1.54) is 12.8 Å². The minimum Gasteiger partial charge on any atom is -0.312 e. The molecule has 0 aromatic heterocycles. The SMILES string of the molecule is C=C(Br)CNCC1CC(C)=CC(C)C1. The summed E-state index contributed by atoms with van der Waals surface area (Å²) < 4.78 is 1.04. The first kappa shape index (κ1) is 12.0. The first-order valence-electron chi connectivity index (χ1n) is 5.29. The smallest absolute Gasteiger partial charge is 0.0265 e. The summed E-state index contributed by atoms with van der Waals surface area (Å²) in [7, 11) is 0. The van der Waals surface area contributed by atoms with Crippen LogP contribution < -0.4 is 5.32 Å². The summed E-state index contributed by atoms with van der Waals surface area (Å²) in [5.74, 6) is 1.56. The molecule has 0 aromatic rings. The van der Waals surface area contributed by atoms with Gasteiger partial charge in [0.15, 0.2) is 0 Å². The van der Waals surface area contributed by atoms with E-state index in [1.54, 1.807) is 5.57 Å². The van der Waals surface area contributed by atoms with Crippen LogP contribution >= 0.6 is 15.9 Å². The third-order valence-corrected chi connectivity index (χ3v) is 2.91. The van der Waals surface area contributed by atoms with Crippen LogP contribution in [0.2, 0.25) is 0 Å². The third-order valence-electron chi connectivity index (χ3n) is 2.63. The molecule has 0 saturated carbocycles. The van der Waals surface area contributed by atoms with Gasteiger partial charge in [0.25, 0.3) is 0 Å². The number of hydrogen-bond donors (Lipinski definition) is 1. The predicted molar refractivity (Wildman–Crippen MR) is 66.6 cm³/mol. The summed E-state index contributed by atoms with van der Waals surface area (Å²) in [6, 6.07) is 0. The Kier molecular flexibility index (Phi) is 4.90. The molecule has 0 spiro atoms. The molecule has 2 heteroatoms. The Hall–Kier alpha value is -0.0800. The van der Waals surface area contributed by atoms with E-state index in [1.807, 2.05) is 0 Å². The molecule has 0 fully saturated rings. The second-order valence-corrected chi connectivity index (χ2v) is 5.57. The van der Waals surface area contributed by atoms with Crippen molar-refractivity contribution in [3.05, 3.63) is 22.7 Å². The average Bonchev–Trinajstić information content (AvgIpc) is 2.01. The van der Waals surface area contributed by atoms with Gasteiger partial charge >= 0.3 is 0 Å². The zero-order valence-electron chi connectivity index (χ0n) is 9.15. The summed E-state index contributed by atoms with van der Waals surface area (Å²) in [5.41, 5.74) is 1.55. The molecule has 2 atom stereocenters. The van der Waals surface area contributed by atoms with Crippen LogP contribution in [0.15, 0.2) is 22.7 Å². The van der Waals surface area contributed by atoms with Crippen molar-refractivity contribution < 1.29 is 0 Å². The molecule has 1 rings (SSSR count). The van der Waals surface area contributed by atoms with Crippen LogP contribution in [0.1, 0.15) is 26.7 Å². The summed E-state index contributed by atoms with van der Waals surface area (Å²) in [4.78, 5) is 0. The largest absolute Gasteiger partial charge is 0.312 e. The third kappa shape index (κ3) is 4.43. The van der Waals surface area contributed by atoms with Gasteiger partial charge in [-0.1, -0.05) is 41.1 Å². The minimum absolute atomic E-state index is 0.753. The molecule has 0 aliphatic heterocycles. The molecule has 0 bridgehead atoms.